The maximum Gasteiger partial charge on any atom is 0.0575 e. The summed E-state index contributed by atoms with van der Waals surface area (Å²) >= 11 is 0. The molecule has 1 aromatic rings. The number of pyridine rings is 1. The van der Waals surface area contributed by atoms with Gasteiger partial charge in [-0.15, -0.1) is 0 Å². The predicted octanol–water partition coefficient (Wildman–Crippen LogP) is 2.29. The normalized spacial score (nSPS) is 27.2. The van der Waals surface area contributed by atoms with Gasteiger partial charge in [0, 0.05) is 30.5 Å². The summed E-state index contributed by atoms with van der Waals surface area (Å²) in [5.74, 6) is 6.26. The van der Waals surface area contributed by atoms with E-state index in [0.29, 0.717) is 18.1 Å². The highest BCUT2D eigenvalue weighted by molar-refractivity contribution is 5.29. The van der Waals surface area contributed by atoms with Crippen molar-refractivity contribution >= 4 is 0 Å². The molecule has 3 rings (SSSR count). The van der Waals surface area contributed by atoms with Crippen LogP contribution in [0.2, 0.25) is 0 Å². The fourth-order valence-corrected chi connectivity index (χ4v) is 3.64. The highest BCUT2D eigenvalue weighted by Crippen LogP contribution is 2.35. The van der Waals surface area contributed by atoms with E-state index in [0.717, 1.165) is 32.3 Å². The second kappa shape index (κ2) is 6.66. The van der Waals surface area contributed by atoms with E-state index in [1.165, 1.54) is 30.5 Å². The molecule has 20 heavy (non-hydrogen) atoms. The van der Waals surface area contributed by atoms with Gasteiger partial charge >= 0.3 is 0 Å². The van der Waals surface area contributed by atoms with Gasteiger partial charge < -0.3 is 4.74 Å². The van der Waals surface area contributed by atoms with Gasteiger partial charge in [0.1, 0.15) is 0 Å². The number of ether oxygens (including phenoxy) is 1. The van der Waals surface area contributed by atoms with Crippen molar-refractivity contribution in [1.82, 2.24) is 10.4 Å². The molecular weight excluding hydrogens is 250 g/mol. The predicted molar refractivity (Wildman–Crippen MR) is 79.2 cm³/mol. The van der Waals surface area contributed by atoms with Crippen LogP contribution in [0.15, 0.2) is 18.3 Å². The lowest BCUT2D eigenvalue weighted by Gasteiger charge is -2.27. The molecule has 0 aromatic carbocycles. The first kappa shape index (κ1) is 14.0. The van der Waals surface area contributed by atoms with Crippen molar-refractivity contribution < 1.29 is 4.74 Å². The molecule has 1 aliphatic heterocycles. The quantitative estimate of drug-likeness (QED) is 0.639. The molecule has 2 aliphatic rings. The van der Waals surface area contributed by atoms with Crippen molar-refractivity contribution in [3.8, 4) is 0 Å². The number of hydrogen-bond acceptors (Lipinski definition) is 4. The fourth-order valence-electron chi connectivity index (χ4n) is 3.64. The van der Waals surface area contributed by atoms with Gasteiger partial charge in [0.15, 0.2) is 0 Å². The first-order valence-corrected chi connectivity index (χ1v) is 7.90. The van der Waals surface area contributed by atoms with Gasteiger partial charge in [-0.3, -0.25) is 16.3 Å². The molecule has 1 aliphatic carbocycles. The number of aryl methyl sites for hydroxylation is 1. The lowest BCUT2D eigenvalue weighted by atomic mass is 9.91. The second-order valence-electron chi connectivity index (χ2n) is 6.03. The van der Waals surface area contributed by atoms with Crippen LogP contribution >= 0.6 is 0 Å². The third kappa shape index (κ3) is 3.03. The van der Waals surface area contributed by atoms with Gasteiger partial charge in [-0.1, -0.05) is 6.07 Å². The summed E-state index contributed by atoms with van der Waals surface area (Å²) in [4.78, 5) is 4.58. The van der Waals surface area contributed by atoms with Crippen molar-refractivity contribution in [1.29, 1.82) is 0 Å². The summed E-state index contributed by atoms with van der Waals surface area (Å²) in [7, 11) is 0. The molecule has 1 saturated heterocycles. The van der Waals surface area contributed by atoms with Crippen LogP contribution < -0.4 is 11.3 Å². The maximum atomic E-state index is 5.82. The van der Waals surface area contributed by atoms with Crippen molar-refractivity contribution in [2.75, 3.05) is 6.61 Å². The van der Waals surface area contributed by atoms with E-state index in [4.69, 9.17) is 10.6 Å². The van der Waals surface area contributed by atoms with E-state index in [9.17, 15) is 0 Å². The van der Waals surface area contributed by atoms with Crippen molar-refractivity contribution in [2.24, 2.45) is 5.84 Å². The average Bonchev–Trinajstić information content (AvgIpc) is 2.93. The molecule has 4 heteroatoms. The molecule has 1 aromatic heterocycles. The van der Waals surface area contributed by atoms with Crippen molar-refractivity contribution in [3.05, 3.63) is 29.6 Å². The highest BCUT2D eigenvalue weighted by Gasteiger charge is 2.30. The van der Waals surface area contributed by atoms with Gasteiger partial charge in [0.25, 0.3) is 0 Å². The summed E-state index contributed by atoms with van der Waals surface area (Å²) in [6.07, 6.45) is 10.5. The molecule has 4 nitrogen and oxygen atoms in total. The number of rotatable bonds is 5. The Bertz CT molecular complexity index is 431. The Morgan fingerprint density at radius 3 is 3.15 bits per heavy atom. The molecule has 3 unspecified atom stereocenters. The molecule has 110 valence electrons. The summed E-state index contributed by atoms with van der Waals surface area (Å²) in [5.41, 5.74) is 5.67. The van der Waals surface area contributed by atoms with E-state index in [1.54, 1.807) is 0 Å². The van der Waals surface area contributed by atoms with Gasteiger partial charge in [0.2, 0.25) is 0 Å². The molecule has 0 amide bonds. The average molecular weight is 275 g/mol. The lowest BCUT2D eigenvalue weighted by Crippen LogP contribution is -2.40. The van der Waals surface area contributed by atoms with Crippen molar-refractivity contribution in [2.45, 2.75) is 63.0 Å². The summed E-state index contributed by atoms with van der Waals surface area (Å²) in [6, 6.07) is 4.54. The Balaban J connectivity index is 1.59. The Kier molecular flexibility index (Phi) is 4.65. The molecule has 0 radical (unpaired) electrons. The van der Waals surface area contributed by atoms with Gasteiger partial charge in [-0.2, -0.15) is 0 Å². The number of nitrogens with one attached hydrogen (secondary N) is 1. The standard InChI is InChI=1S/C16H25N3O/c17-19-15(9-7-13-5-1-2-11-20-13)14-8-6-12-4-3-10-18-16(12)14/h3-4,10,13-15,19H,1-2,5-9,11,17H2. The van der Waals surface area contributed by atoms with Gasteiger partial charge in [-0.05, 0) is 56.6 Å². The Morgan fingerprint density at radius 1 is 1.40 bits per heavy atom. The molecule has 1 fully saturated rings. The van der Waals surface area contributed by atoms with Crippen LogP contribution in [-0.4, -0.2) is 23.7 Å². The summed E-state index contributed by atoms with van der Waals surface area (Å²) < 4.78 is 5.82. The minimum atomic E-state index is 0.316. The molecule has 0 saturated carbocycles. The van der Waals surface area contributed by atoms with Crippen LogP contribution in [0.3, 0.4) is 0 Å². The minimum Gasteiger partial charge on any atom is -0.378 e. The van der Waals surface area contributed by atoms with Gasteiger partial charge in [0.05, 0.1) is 6.10 Å². The van der Waals surface area contributed by atoms with Crippen LogP contribution in [0.4, 0.5) is 0 Å². The van der Waals surface area contributed by atoms with E-state index in [2.05, 4.69) is 16.5 Å². The van der Waals surface area contributed by atoms with Crippen molar-refractivity contribution in [3.63, 3.8) is 0 Å². The highest BCUT2D eigenvalue weighted by atomic mass is 16.5. The number of hydrogen-bond donors (Lipinski definition) is 2. The summed E-state index contributed by atoms with van der Waals surface area (Å²) in [6.45, 7) is 0.930. The largest absolute Gasteiger partial charge is 0.378 e. The van der Waals surface area contributed by atoms with Crippen LogP contribution in [0.25, 0.3) is 0 Å². The van der Waals surface area contributed by atoms with Crippen LogP contribution in [-0.2, 0) is 11.2 Å². The molecule has 0 spiro atoms. The van der Waals surface area contributed by atoms with E-state index >= 15 is 0 Å². The third-order valence-electron chi connectivity index (χ3n) is 4.78. The zero-order valence-electron chi connectivity index (χ0n) is 12.1. The third-order valence-corrected chi connectivity index (χ3v) is 4.78. The minimum absolute atomic E-state index is 0.316. The number of nitrogens with zero attached hydrogens (tertiary/aromatic N) is 1. The molecule has 3 N–H and O–H groups in total. The lowest BCUT2D eigenvalue weighted by molar-refractivity contribution is 0.00809. The first-order valence-electron chi connectivity index (χ1n) is 7.90. The number of fused-ring (bicyclic) bond motifs is 1. The zero-order chi connectivity index (χ0) is 13.8. The topological polar surface area (TPSA) is 60.2 Å². The first-order chi connectivity index (χ1) is 9.88. The molecule has 0 bridgehead atoms. The van der Waals surface area contributed by atoms with E-state index in [-0.39, 0.29) is 0 Å². The monoisotopic (exact) mass is 275 g/mol. The molecule has 3 atom stereocenters. The van der Waals surface area contributed by atoms with E-state index in [1.807, 2.05) is 12.3 Å². The Labute approximate surface area is 121 Å². The van der Waals surface area contributed by atoms with Crippen LogP contribution in [0.5, 0.6) is 0 Å². The number of nitrogens with two attached hydrogens (primary N) is 1. The Hall–Kier alpha value is -0.970. The SMILES string of the molecule is NNC(CCC1CCCCO1)C1CCc2cccnc21. The number of aromatic nitrogens is 1. The van der Waals surface area contributed by atoms with E-state index < -0.39 is 0 Å². The second-order valence-corrected chi connectivity index (χ2v) is 6.03. The smallest absolute Gasteiger partial charge is 0.0575 e. The summed E-state index contributed by atoms with van der Waals surface area (Å²) in [5, 5.41) is 0. The van der Waals surface area contributed by atoms with Gasteiger partial charge in [-0.25, -0.2) is 0 Å². The Morgan fingerprint density at radius 2 is 2.35 bits per heavy atom. The molecular formula is C16H25N3O. The van der Waals surface area contributed by atoms with Crippen LogP contribution in [0.1, 0.15) is 55.7 Å². The fraction of sp³-hybridized carbons (Fsp3) is 0.688. The maximum absolute atomic E-state index is 5.82. The van der Waals surface area contributed by atoms with Crippen LogP contribution in [0, 0.1) is 0 Å². The zero-order valence-corrected chi connectivity index (χ0v) is 12.1. The number of hydrazine groups is 1. The molecule has 2 heterocycles.